The third-order valence-electron chi connectivity index (χ3n) is 4.33. The Labute approximate surface area is 170 Å². The molecule has 29 heavy (non-hydrogen) atoms. The van der Waals surface area contributed by atoms with Crippen molar-refractivity contribution < 1.29 is 22.7 Å². The number of amides is 1. The number of hydrogen-bond donors (Lipinski definition) is 1. The summed E-state index contributed by atoms with van der Waals surface area (Å²) < 4.78 is 35.9. The highest BCUT2D eigenvalue weighted by Gasteiger charge is 2.21. The molecule has 0 aromatic heterocycles. The van der Waals surface area contributed by atoms with Crippen molar-refractivity contribution in [1.29, 1.82) is 0 Å². The topological polar surface area (TPSA) is 97.3 Å². The van der Waals surface area contributed by atoms with E-state index in [4.69, 9.17) is 9.47 Å². The predicted molar refractivity (Wildman–Crippen MR) is 111 cm³/mol. The lowest BCUT2D eigenvalue weighted by molar-refractivity contribution is -0.119. The molecule has 0 atom stereocenters. The molecule has 1 N–H and O–H groups in total. The molecule has 1 aliphatic rings. The van der Waals surface area contributed by atoms with Gasteiger partial charge in [0.2, 0.25) is 16.8 Å². The lowest BCUT2D eigenvalue weighted by atomic mass is 10.0. The second-order valence-electron chi connectivity index (χ2n) is 6.92. The molecule has 1 amide bonds. The van der Waals surface area contributed by atoms with Crippen LogP contribution in [0.15, 0.2) is 47.6 Å². The van der Waals surface area contributed by atoms with E-state index < -0.39 is 15.9 Å². The number of rotatable bonds is 7. The van der Waals surface area contributed by atoms with Gasteiger partial charge in [-0.05, 0) is 47.4 Å². The molecule has 0 fully saturated rings. The molecular formula is C20H23N3O5S. The molecule has 0 aliphatic carbocycles. The molecule has 0 radical (unpaired) electrons. The zero-order chi connectivity index (χ0) is 21.0. The molecule has 2 aromatic carbocycles. The van der Waals surface area contributed by atoms with Gasteiger partial charge in [0.15, 0.2) is 11.5 Å². The number of carbonyl (C=O) groups is 1. The van der Waals surface area contributed by atoms with Gasteiger partial charge in [-0.1, -0.05) is 26.0 Å². The zero-order valence-corrected chi connectivity index (χ0v) is 17.3. The Morgan fingerprint density at radius 1 is 1.17 bits per heavy atom. The first-order valence-electron chi connectivity index (χ1n) is 9.03. The van der Waals surface area contributed by atoms with Crippen LogP contribution in [0.1, 0.15) is 30.9 Å². The number of nitrogens with zero attached hydrogens (tertiary/aromatic N) is 2. The van der Waals surface area contributed by atoms with Crippen LogP contribution in [0.2, 0.25) is 0 Å². The van der Waals surface area contributed by atoms with Crippen LogP contribution in [0.5, 0.6) is 11.5 Å². The number of ether oxygens (including phenoxy) is 2. The van der Waals surface area contributed by atoms with Crippen molar-refractivity contribution in [3.05, 3.63) is 53.6 Å². The molecule has 0 bridgehead atoms. The Bertz CT molecular complexity index is 1020. The van der Waals surface area contributed by atoms with Crippen LogP contribution in [0.4, 0.5) is 5.69 Å². The maximum absolute atomic E-state index is 12.3. The highest BCUT2D eigenvalue weighted by molar-refractivity contribution is 7.92. The fourth-order valence-electron chi connectivity index (χ4n) is 2.76. The molecule has 1 heterocycles. The lowest BCUT2D eigenvalue weighted by Gasteiger charge is -2.21. The smallest absolute Gasteiger partial charge is 0.260 e. The molecule has 2 aromatic rings. The number of hydrogen-bond acceptors (Lipinski definition) is 6. The number of hydrazone groups is 1. The highest BCUT2D eigenvalue weighted by Crippen LogP contribution is 2.32. The number of fused-ring (bicyclic) bond motifs is 1. The van der Waals surface area contributed by atoms with Crippen molar-refractivity contribution in [2.24, 2.45) is 5.10 Å². The van der Waals surface area contributed by atoms with Gasteiger partial charge in [0.05, 0.1) is 18.2 Å². The van der Waals surface area contributed by atoms with Gasteiger partial charge in [0, 0.05) is 0 Å². The van der Waals surface area contributed by atoms with Gasteiger partial charge in [-0.3, -0.25) is 9.10 Å². The summed E-state index contributed by atoms with van der Waals surface area (Å²) in [4.78, 5) is 12.3. The van der Waals surface area contributed by atoms with E-state index in [1.807, 2.05) is 12.1 Å². The Kier molecular flexibility index (Phi) is 6.07. The van der Waals surface area contributed by atoms with Crippen LogP contribution in [0.3, 0.4) is 0 Å². The first kappa shape index (κ1) is 20.7. The summed E-state index contributed by atoms with van der Waals surface area (Å²) in [6.45, 7) is 3.90. The van der Waals surface area contributed by atoms with E-state index in [1.54, 1.807) is 30.3 Å². The summed E-state index contributed by atoms with van der Waals surface area (Å²) >= 11 is 0. The van der Waals surface area contributed by atoms with Crippen LogP contribution < -0.4 is 19.2 Å². The minimum atomic E-state index is -3.64. The minimum absolute atomic E-state index is 0.173. The maximum atomic E-state index is 12.3. The van der Waals surface area contributed by atoms with Crippen molar-refractivity contribution in [3.8, 4) is 11.5 Å². The predicted octanol–water partition coefficient (Wildman–Crippen LogP) is 2.46. The van der Waals surface area contributed by atoms with Crippen LogP contribution in [-0.4, -0.2) is 40.1 Å². The summed E-state index contributed by atoms with van der Waals surface area (Å²) in [5, 5.41) is 3.89. The average molecular weight is 417 g/mol. The fraction of sp³-hybridized carbons (Fsp3) is 0.300. The van der Waals surface area contributed by atoms with Gasteiger partial charge in [0.25, 0.3) is 5.91 Å². The monoisotopic (exact) mass is 417 g/mol. The second kappa shape index (κ2) is 8.52. The summed E-state index contributed by atoms with van der Waals surface area (Å²) in [7, 11) is -3.64. The van der Waals surface area contributed by atoms with Crippen LogP contribution in [0, 0.1) is 0 Å². The Morgan fingerprint density at radius 3 is 2.52 bits per heavy atom. The molecule has 0 saturated heterocycles. The van der Waals surface area contributed by atoms with E-state index >= 15 is 0 Å². The molecule has 0 spiro atoms. The van der Waals surface area contributed by atoms with E-state index in [0.29, 0.717) is 28.7 Å². The molecule has 1 aliphatic heterocycles. The quantitative estimate of drug-likeness (QED) is 0.551. The Balaban J connectivity index is 1.66. The standard InChI is InChI=1S/C20H23N3O5S/c1-14(2)16-5-7-17(8-6-16)23(29(3,25)26)12-20(24)22-21-11-15-4-9-18-19(10-15)28-13-27-18/h4-11,14H,12-13H2,1-3H3,(H,22,24)/b21-11-. The van der Waals surface area contributed by atoms with E-state index in [0.717, 1.165) is 16.1 Å². The van der Waals surface area contributed by atoms with Crippen LogP contribution >= 0.6 is 0 Å². The van der Waals surface area contributed by atoms with Gasteiger partial charge in [-0.25, -0.2) is 13.8 Å². The average Bonchev–Trinajstić information content (AvgIpc) is 3.13. The number of nitrogens with one attached hydrogen (secondary N) is 1. The van der Waals surface area contributed by atoms with Gasteiger partial charge in [-0.15, -0.1) is 0 Å². The minimum Gasteiger partial charge on any atom is -0.454 e. The van der Waals surface area contributed by atoms with Gasteiger partial charge in [0.1, 0.15) is 6.54 Å². The lowest BCUT2D eigenvalue weighted by Crippen LogP contribution is -2.39. The third-order valence-corrected chi connectivity index (χ3v) is 5.48. The van der Waals surface area contributed by atoms with Crippen molar-refractivity contribution in [1.82, 2.24) is 5.43 Å². The molecule has 154 valence electrons. The fourth-order valence-corrected chi connectivity index (χ4v) is 3.62. The van der Waals surface area contributed by atoms with Crippen molar-refractivity contribution in [2.75, 3.05) is 23.9 Å². The molecule has 0 unspecified atom stereocenters. The summed E-state index contributed by atoms with van der Waals surface area (Å²) in [5.74, 6) is 1.02. The van der Waals surface area contributed by atoms with E-state index in [9.17, 15) is 13.2 Å². The van der Waals surface area contributed by atoms with E-state index in [1.165, 1.54) is 6.21 Å². The summed E-state index contributed by atoms with van der Waals surface area (Å²) in [6.07, 6.45) is 2.51. The first-order chi connectivity index (χ1) is 13.7. The zero-order valence-electron chi connectivity index (χ0n) is 16.5. The third kappa shape index (κ3) is 5.26. The molecule has 8 nitrogen and oxygen atoms in total. The normalized spacial score (nSPS) is 13.1. The Morgan fingerprint density at radius 2 is 1.86 bits per heavy atom. The van der Waals surface area contributed by atoms with Gasteiger partial charge >= 0.3 is 0 Å². The van der Waals surface area contributed by atoms with Crippen LogP contribution in [0.25, 0.3) is 0 Å². The second-order valence-corrected chi connectivity index (χ2v) is 8.83. The highest BCUT2D eigenvalue weighted by atomic mass is 32.2. The van der Waals surface area contributed by atoms with Crippen molar-refractivity contribution >= 4 is 27.8 Å². The van der Waals surface area contributed by atoms with E-state index in [2.05, 4.69) is 24.4 Å². The van der Waals surface area contributed by atoms with Crippen molar-refractivity contribution in [3.63, 3.8) is 0 Å². The van der Waals surface area contributed by atoms with Crippen LogP contribution in [-0.2, 0) is 14.8 Å². The number of anilines is 1. The molecule has 3 rings (SSSR count). The summed E-state index contributed by atoms with van der Waals surface area (Å²) in [6, 6.07) is 12.3. The molecule has 0 saturated carbocycles. The summed E-state index contributed by atoms with van der Waals surface area (Å²) in [5.41, 5.74) is 4.57. The largest absolute Gasteiger partial charge is 0.454 e. The van der Waals surface area contributed by atoms with Gasteiger partial charge in [-0.2, -0.15) is 5.10 Å². The number of benzene rings is 2. The first-order valence-corrected chi connectivity index (χ1v) is 10.9. The Hall–Kier alpha value is -3.07. The van der Waals surface area contributed by atoms with E-state index in [-0.39, 0.29) is 13.3 Å². The number of sulfonamides is 1. The SMILES string of the molecule is CC(C)c1ccc(N(CC(=O)N/N=C\c2ccc3c(c2)OCO3)S(C)(=O)=O)cc1. The van der Waals surface area contributed by atoms with Crippen molar-refractivity contribution in [2.45, 2.75) is 19.8 Å². The number of carbonyl (C=O) groups excluding carboxylic acids is 1. The molecule has 9 heteroatoms. The molecular weight excluding hydrogens is 394 g/mol. The van der Waals surface area contributed by atoms with Gasteiger partial charge < -0.3 is 9.47 Å². The maximum Gasteiger partial charge on any atom is 0.260 e.